The summed E-state index contributed by atoms with van der Waals surface area (Å²) >= 11 is 0. The maximum absolute atomic E-state index is 13.9. The van der Waals surface area contributed by atoms with E-state index in [0.29, 0.717) is 25.8 Å². The van der Waals surface area contributed by atoms with Crippen LogP contribution in [0.4, 0.5) is 0 Å². The Bertz CT molecular complexity index is 1400. The van der Waals surface area contributed by atoms with Crippen LogP contribution in [0.5, 0.6) is 5.75 Å². The van der Waals surface area contributed by atoms with Gasteiger partial charge < -0.3 is 19.5 Å². The molecular formula is C33H40BNO6. The molecule has 3 fully saturated rings. The van der Waals surface area contributed by atoms with Crippen molar-refractivity contribution in [1.82, 2.24) is 4.90 Å². The number of ether oxygens (including phenoxy) is 1. The average Bonchev–Trinajstić information content (AvgIpc) is 3.23. The van der Waals surface area contributed by atoms with E-state index in [1.54, 1.807) is 18.1 Å². The monoisotopic (exact) mass is 557 g/mol. The first-order valence-corrected chi connectivity index (χ1v) is 15.2. The number of phenolic OH excluding ortho intramolecular Hbond substituents is 1. The molecule has 2 amide bonds. The highest BCUT2D eigenvalue weighted by Gasteiger charge is 2.58. The molecule has 0 aromatic heterocycles. The zero-order valence-electron chi connectivity index (χ0n) is 24.1. The van der Waals surface area contributed by atoms with E-state index in [1.165, 1.54) is 0 Å². The number of aromatic hydroxyl groups is 1. The lowest BCUT2D eigenvalue weighted by Gasteiger charge is -2.43. The number of carbonyl (C=O) groups excluding carboxylic acids is 2. The molecule has 2 aliphatic carbocycles. The number of methoxy groups -OCH3 is 1. The van der Waals surface area contributed by atoms with E-state index in [4.69, 9.17) is 9.39 Å². The zero-order valence-corrected chi connectivity index (χ0v) is 24.1. The van der Waals surface area contributed by atoms with Crippen molar-refractivity contribution in [2.45, 2.75) is 76.8 Å². The lowest BCUT2D eigenvalue weighted by atomic mass is 9.58. The second-order valence-corrected chi connectivity index (χ2v) is 12.3. The Kier molecular flexibility index (Phi) is 8.08. The van der Waals surface area contributed by atoms with Crippen LogP contribution in [0.3, 0.4) is 0 Å². The summed E-state index contributed by atoms with van der Waals surface area (Å²) in [5.74, 6) is -0.838. The van der Waals surface area contributed by atoms with E-state index in [9.17, 15) is 19.7 Å². The summed E-state index contributed by atoms with van der Waals surface area (Å²) in [6.45, 7) is 2.48. The fourth-order valence-electron chi connectivity index (χ4n) is 7.92. The maximum atomic E-state index is 13.9. The van der Waals surface area contributed by atoms with Crippen molar-refractivity contribution < 1.29 is 29.1 Å². The van der Waals surface area contributed by atoms with Crippen molar-refractivity contribution in [2.24, 2.45) is 17.8 Å². The summed E-state index contributed by atoms with van der Waals surface area (Å²) in [7, 11) is 0.681. The number of amides is 2. The summed E-state index contributed by atoms with van der Waals surface area (Å²) in [4.78, 5) is 29.2. The maximum Gasteiger partial charge on any atom is 0.455 e. The zero-order chi connectivity index (χ0) is 28.7. The van der Waals surface area contributed by atoms with Gasteiger partial charge in [-0.05, 0) is 79.4 Å². The van der Waals surface area contributed by atoms with Crippen molar-refractivity contribution in [1.29, 1.82) is 0 Å². The number of carbonyl (C=O) groups is 2. The van der Waals surface area contributed by atoms with Crippen LogP contribution in [0.1, 0.15) is 63.9 Å². The second-order valence-electron chi connectivity index (χ2n) is 12.3. The summed E-state index contributed by atoms with van der Waals surface area (Å²) < 4.78 is 11.7. The highest BCUT2D eigenvalue weighted by molar-refractivity contribution is 6.43. The SMILES string of the molecule is COCC1=C2[C@@H](CC/C(C)=C/c3ccc(O)c4ccccc34)OB(O)C[C@@H]2[C@@H]2C(=O)N(C3CCCCC3)C(=O)[C@@H]2C1. The molecule has 0 spiro atoms. The van der Waals surface area contributed by atoms with E-state index in [2.05, 4.69) is 13.0 Å². The van der Waals surface area contributed by atoms with E-state index in [-0.39, 0.29) is 41.5 Å². The van der Waals surface area contributed by atoms with Gasteiger partial charge in [0.1, 0.15) is 5.75 Å². The van der Waals surface area contributed by atoms with Gasteiger partial charge in [0.05, 0.1) is 24.5 Å². The first kappa shape index (κ1) is 28.2. The van der Waals surface area contributed by atoms with Crippen LogP contribution in [0.15, 0.2) is 53.1 Å². The number of phenols is 1. The van der Waals surface area contributed by atoms with Crippen LogP contribution < -0.4 is 0 Å². The van der Waals surface area contributed by atoms with Gasteiger partial charge in [-0.2, -0.15) is 0 Å². The predicted octanol–water partition coefficient (Wildman–Crippen LogP) is 5.51. The largest absolute Gasteiger partial charge is 0.507 e. The number of rotatable bonds is 7. The van der Waals surface area contributed by atoms with Crippen LogP contribution in [0.2, 0.25) is 6.32 Å². The summed E-state index contributed by atoms with van der Waals surface area (Å²) in [5.41, 5.74) is 4.30. The van der Waals surface area contributed by atoms with Gasteiger partial charge in [0.2, 0.25) is 11.8 Å². The number of hydrogen-bond acceptors (Lipinski definition) is 6. The minimum absolute atomic E-state index is 0.00741. The fraction of sp³-hybridized carbons (Fsp3) is 0.515. The Morgan fingerprint density at radius 1 is 1.07 bits per heavy atom. The molecule has 2 saturated heterocycles. The first-order valence-electron chi connectivity index (χ1n) is 15.2. The smallest absolute Gasteiger partial charge is 0.455 e. The number of fused-ring (bicyclic) bond motifs is 4. The molecule has 2 aromatic carbocycles. The molecule has 41 heavy (non-hydrogen) atoms. The minimum Gasteiger partial charge on any atom is -0.507 e. The van der Waals surface area contributed by atoms with Crippen molar-refractivity contribution in [3.05, 3.63) is 58.7 Å². The molecule has 4 atom stereocenters. The van der Waals surface area contributed by atoms with E-state index < -0.39 is 13.0 Å². The Morgan fingerprint density at radius 3 is 2.59 bits per heavy atom. The third-order valence-electron chi connectivity index (χ3n) is 9.74. The van der Waals surface area contributed by atoms with Crippen molar-refractivity contribution in [2.75, 3.05) is 13.7 Å². The Balaban J connectivity index is 1.26. The molecule has 0 unspecified atom stereocenters. The van der Waals surface area contributed by atoms with E-state index >= 15 is 0 Å². The third-order valence-corrected chi connectivity index (χ3v) is 9.74. The van der Waals surface area contributed by atoms with Gasteiger partial charge in [0.25, 0.3) is 0 Å². The molecule has 216 valence electrons. The van der Waals surface area contributed by atoms with Gasteiger partial charge in [-0.3, -0.25) is 14.5 Å². The minimum atomic E-state index is -0.978. The van der Waals surface area contributed by atoms with Crippen molar-refractivity contribution >= 4 is 35.8 Å². The van der Waals surface area contributed by atoms with Gasteiger partial charge in [0, 0.05) is 18.5 Å². The van der Waals surface area contributed by atoms with Crippen LogP contribution >= 0.6 is 0 Å². The number of likely N-dealkylation sites (tertiary alicyclic amines) is 1. The Labute approximate surface area is 242 Å². The summed E-state index contributed by atoms with van der Waals surface area (Å²) in [6, 6.07) is 11.5. The van der Waals surface area contributed by atoms with E-state index in [0.717, 1.165) is 71.6 Å². The molecule has 2 heterocycles. The number of allylic oxidation sites excluding steroid dienone is 1. The molecule has 4 aliphatic rings. The fourth-order valence-corrected chi connectivity index (χ4v) is 7.92. The molecular weight excluding hydrogens is 517 g/mol. The van der Waals surface area contributed by atoms with Crippen LogP contribution in [-0.2, 0) is 19.0 Å². The molecule has 6 rings (SSSR count). The highest BCUT2D eigenvalue weighted by atomic mass is 16.5. The number of imide groups is 1. The third kappa shape index (κ3) is 5.26. The molecule has 1 saturated carbocycles. The lowest BCUT2D eigenvalue weighted by molar-refractivity contribution is -0.143. The van der Waals surface area contributed by atoms with Gasteiger partial charge in [-0.15, -0.1) is 0 Å². The predicted molar refractivity (Wildman–Crippen MR) is 159 cm³/mol. The number of nitrogens with zero attached hydrogens (tertiary/aromatic N) is 1. The molecule has 2 aromatic rings. The number of hydrogen-bond donors (Lipinski definition) is 2. The quantitative estimate of drug-likeness (QED) is 0.265. The first-order chi connectivity index (χ1) is 19.9. The average molecular weight is 557 g/mol. The molecule has 0 bridgehead atoms. The van der Waals surface area contributed by atoms with Crippen molar-refractivity contribution in [3.63, 3.8) is 0 Å². The van der Waals surface area contributed by atoms with Gasteiger partial charge >= 0.3 is 7.12 Å². The van der Waals surface area contributed by atoms with Gasteiger partial charge in [0.15, 0.2) is 0 Å². The molecule has 7 nitrogen and oxygen atoms in total. The normalized spacial score (nSPS) is 27.5. The topological polar surface area (TPSA) is 96.3 Å². The highest BCUT2D eigenvalue weighted by Crippen LogP contribution is 2.51. The van der Waals surface area contributed by atoms with Gasteiger partial charge in [-0.1, -0.05) is 61.2 Å². The standard InChI is InChI=1S/C33H40BNO6/c1-20(16-21-13-14-28(36)25-11-7-6-10-24(21)25)12-15-29-30-22(19-40-2)17-26-31(27(30)18-34(39)41-29)33(38)35(32(26)37)23-8-4-3-5-9-23/h6-7,10-11,13-14,16,23,26-27,29,31,36,39H,3-5,8-9,12,15,17-19H2,1-2H3/b20-16+/t26-,27+,29-,31-/m1/s1. The number of benzene rings is 2. The Morgan fingerprint density at radius 2 is 1.83 bits per heavy atom. The van der Waals surface area contributed by atoms with Gasteiger partial charge in [-0.25, -0.2) is 0 Å². The van der Waals surface area contributed by atoms with E-state index in [1.807, 2.05) is 30.3 Å². The summed E-state index contributed by atoms with van der Waals surface area (Å²) in [6.07, 6.45) is 9.08. The lowest BCUT2D eigenvalue weighted by Crippen LogP contribution is -2.47. The molecule has 0 radical (unpaired) electrons. The molecule has 2 N–H and O–H groups in total. The van der Waals surface area contributed by atoms with Crippen LogP contribution in [0.25, 0.3) is 16.8 Å². The summed E-state index contributed by atoms with van der Waals surface area (Å²) in [5, 5.41) is 22.9. The Hall–Kier alpha value is -2.94. The van der Waals surface area contributed by atoms with Crippen LogP contribution in [-0.4, -0.2) is 59.8 Å². The second kappa shape index (κ2) is 11.7. The van der Waals surface area contributed by atoms with Crippen LogP contribution in [0, 0.1) is 17.8 Å². The molecule has 2 aliphatic heterocycles. The molecule has 8 heteroatoms. The van der Waals surface area contributed by atoms with Crippen molar-refractivity contribution in [3.8, 4) is 5.75 Å².